The fourth-order valence-corrected chi connectivity index (χ4v) is 4.75. The average molecular weight is 513 g/mol. The standard InChI is InChI=1S/C27H28N8O3/c1-4-11-34-25(36)20-16-28-26(29-18-5-7-19(8-6-18)33-14-12-32(3)13-15-33)31-24(20)35(34)22-10-9-21-23(30-22)27(2,37)17-38-21/h4-5,7,9-10,16,37H,1,11-15,17H2,2-3H3,(H,28,29,31). The molecule has 0 radical (unpaired) electrons. The van der Waals surface area contributed by atoms with Crippen molar-refractivity contribution in [3.8, 4) is 11.6 Å². The van der Waals surface area contributed by atoms with Gasteiger partial charge in [0.2, 0.25) is 5.95 Å². The van der Waals surface area contributed by atoms with Crippen LogP contribution in [-0.2, 0) is 12.1 Å². The first-order chi connectivity index (χ1) is 18.3. The number of anilines is 3. The number of fused-ring (bicyclic) bond motifs is 2. The molecule has 3 aromatic heterocycles. The lowest BCUT2D eigenvalue weighted by molar-refractivity contribution is 0.0320. The summed E-state index contributed by atoms with van der Waals surface area (Å²) >= 11 is 0. The number of aliphatic hydroxyl groups is 1. The van der Waals surface area contributed by atoms with E-state index in [0.29, 0.717) is 39.9 Å². The van der Waals surface area contributed by atoms with E-state index < -0.39 is 5.60 Å². The number of likely N-dealkylation sites (N-methyl/N-ethyl adjacent to an activating group) is 1. The van der Waals surface area contributed by atoms with Crippen LogP contribution in [0, 0.1) is 12.1 Å². The minimum atomic E-state index is -1.23. The minimum absolute atomic E-state index is 0.113. The van der Waals surface area contributed by atoms with Gasteiger partial charge in [-0.25, -0.2) is 19.3 Å². The summed E-state index contributed by atoms with van der Waals surface area (Å²) in [4.78, 5) is 31.5. The van der Waals surface area contributed by atoms with E-state index >= 15 is 0 Å². The van der Waals surface area contributed by atoms with Gasteiger partial charge in [0.1, 0.15) is 29.0 Å². The van der Waals surface area contributed by atoms with E-state index in [2.05, 4.69) is 55.8 Å². The first-order valence-electron chi connectivity index (χ1n) is 12.4. The van der Waals surface area contributed by atoms with Crippen LogP contribution >= 0.6 is 0 Å². The van der Waals surface area contributed by atoms with Crippen LogP contribution < -0.4 is 20.5 Å². The number of rotatable bonds is 6. The highest BCUT2D eigenvalue weighted by Gasteiger charge is 2.36. The maximum atomic E-state index is 13.2. The normalized spacial score (nSPS) is 19.2. The van der Waals surface area contributed by atoms with Gasteiger partial charge in [0.15, 0.2) is 11.5 Å². The highest BCUT2D eigenvalue weighted by molar-refractivity contribution is 5.77. The molecule has 0 aliphatic carbocycles. The molecule has 0 spiro atoms. The van der Waals surface area contributed by atoms with Crippen molar-refractivity contribution >= 4 is 28.4 Å². The van der Waals surface area contributed by atoms with E-state index in [4.69, 9.17) is 4.74 Å². The Hall–Kier alpha value is -4.40. The number of ether oxygens (including phenoxy) is 1. The van der Waals surface area contributed by atoms with Gasteiger partial charge in [0, 0.05) is 32.4 Å². The summed E-state index contributed by atoms with van der Waals surface area (Å²) < 4.78 is 8.66. The van der Waals surface area contributed by atoms with Crippen molar-refractivity contribution < 1.29 is 9.84 Å². The maximum absolute atomic E-state index is 13.2. The average Bonchev–Trinajstić information content (AvgIpc) is 3.37. The van der Waals surface area contributed by atoms with Gasteiger partial charge in [-0.05, 0) is 50.4 Å². The summed E-state index contributed by atoms with van der Waals surface area (Å²) in [5.74, 6) is 1.23. The molecule has 1 unspecified atom stereocenters. The number of piperazine rings is 1. The van der Waals surface area contributed by atoms with Crippen molar-refractivity contribution in [1.82, 2.24) is 29.2 Å². The molecule has 1 aromatic carbocycles. The number of nitrogens with zero attached hydrogens (tertiary/aromatic N) is 7. The Bertz CT molecular complexity index is 1570. The Balaban J connectivity index is 1.36. The maximum Gasteiger partial charge on any atom is 0.278 e. The summed E-state index contributed by atoms with van der Waals surface area (Å²) in [6.07, 6.45) is 3.13. The van der Waals surface area contributed by atoms with Gasteiger partial charge in [-0.15, -0.1) is 6.58 Å². The van der Waals surface area contributed by atoms with E-state index in [0.717, 1.165) is 31.9 Å². The third-order valence-electron chi connectivity index (χ3n) is 6.88. The predicted molar refractivity (Wildman–Crippen MR) is 143 cm³/mol. The summed E-state index contributed by atoms with van der Waals surface area (Å²) in [5, 5.41) is 14.2. The molecule has 0 saturated carbocycles. The van der Waals surface area contributed by atoms with Crippen LogP contribution in [0.2, 0.25) is 0 Å². The van der Waals surface area contributed by atoms with Crippen LogP contribution in [0.3, 0.4) is 0 Å². The van der Waals surface area contributed by atoms with Gasteiger partial charge in [-0.1, -0.05) is 6.08 Å². The number of pyridine rings is 1. The Labute approximate surface area is 219 Å². The molecule has 0 bridgehead atoms. The largest absolute Gasteiger partial charge is 0.488 e. The fraction of sp³-hybridized carbons (Fsp3) is 0.333. The lowest BCUT2D eigenvalue weighted by atomic mass is 10.1. The Morgan fingerprint density at radius 3 is 2.74 bits per heavy atom. The van der Waals surface area contributed by atoms with E-state index in [1.165, 1.54) is 10.9 Å². The Morgan fingerprint density at radius 2 is 2.00 bits per heavy atom. The number of aromatic nitrogens is 5. The molecule has 1 saturated heterocycles. The number of allylic oxidation sites excluding steroid dienone is 1. The second-order valence-corrected chi connectivity index (χ2v) is 9.79. The van der Waals surface area contributed by atoms with Gasteiger partial charge in [-0.2, -0.15) is 4.98 Å². The lowest BCUT2D eigenvalue weighted by Crippen LogP contribution is -2.44. The van der Waals surface area contributed by atoms with E-state index in [1.54, 1.807) is 29.8 Å². The molecule has 194 valence electrons. The number of nitrogens with one attached hydrogen (secondary N) is 1. The van der Waals surface area contributed by atoms with Gasteiger partial charge in [0.25, 0.3) is 5.56 Å². The summed E-state index contributed by atoms with van der Waals surface area (Å²) in [7, 11) is 2.13. The van der Waals surface area contributed by atoms with Crippen LogP contribution in [-0.4, -0.2) is 74.2 Å². The third-order valence-corrected chi connectivity index (χ3v) is 6.88. The molecule has 4 aromatic rings. The highest BCUT2D eigenvalue weighted by atomic mass is 16.5. The van der Waals surface area contributed by atoms with Crippen LogP contribution in [0.1, 0.15) is 12.6 Å². The summed E-state index contributed by atoms with van der Waals surface area (Å²) in [5.41, 5.74) is 0.935. The van der Waals surface area contributed by atoms with Crippen LogP contribution in [0.5, 0.6) is 5.75 Å². The van der Waals surface area contributed by atoms with Crippen molar-refractivity contribution in [3.63, 3.8) is 0 Å². The fourth-order valence-electron chi connectivity index (χ4n) is 4.75. The van der Waals surface area contributed by atoms with E-state index in [1.807, 2.05) is 12.1 Å². The third kappa shape index (κ3) is 4.13. The SMILES string of the molecule is C=CCn1c(=O)c2cnc(Nc3c#cc(N4CCN(C)CC4)cc3)nc2n1-c1ccc2c(n1)C(C)(O)CO2. The van der Waals surface area contributed by atoms with Gasteiger partial charge in [0.05, 0.1) is 17.9 Å². The molecule has 11 heteroatoms. The molecule has 1 atom stereocenters. The molecule has 6 rings (SSSR count). The molecule has 11 nitrogen and oxygen atoms in total. The zero-order chi connectivity index (χ0) is 26.4. The van der Waals surface area contributed by atoms with Gasteiger partial charge < -0.3 is 25.0 Å². The molecule has 2 aliphatic heterocycles. The minimum Gasteiger partial charge on any atom is -0.488 e. The molecular weight excluding hydrogens is 484 g/mol. The van der Waals surface area contributed by atoms with Crippen LogP contribution in [0.25, 0.3) is 16.9 Å². The molecule has 2 aliphatic rings. The lowest BCUT2D eigenvalue weighted by Gasteiger charge is -2.33. The second kappa shape index (κ2) is 9.16. The highest BCUT2D eigenvalue weighted by Crippen LogP contribution is 2.36. The number of hydrogen-bond donors (Lipinski definition) is 2. The first kappa shape index (κ1) is 24.0. The topological polar surface area (TPSA) is 114 Å². The summed E-state index contributed by atoms with van der Waals surface area (Å²) in [6.45, 7) is 9.70. The molecule has 5 heterocycles. The molecule has 1 fully saturated rings. The van der Waals surface area contributed by atoms with Gasteiger partial charge >= 0.3 is 0 Å². The molecule has 38 heavy (non-hydrogen) atoms. The van der Waals surface area contributed by atoms with Crippen LogP contribution in [0.15, 0.2) is 47.9 Å². The monoisotopic (exact) mass is 512 g/mol. The van der Waals surface area contributed by atoms with Crippen molar-refractivity contribution in [3.05, 3.63) is 71.3 Å². The zero-order valence-electron chi connectivity index (χ0n) is 21.3. The Kier molecular flexibility index (Phi) is 5.78. The molecule has 2 N–H and O–H groups in total. The smallest absolute Gasteiger partial charge is 0.278 e. The van der Waals surface area contributed by atoms with Crippen molar-refractivity contribution in [1.29, 1.82) is 0 Å². The van der Waals surface area contributed by atoms with Gasteiger partial charge in [-0.3, -0.25) is 4.79 Å². The summed E-state index contributed by atoms with van der Waals surface area (Å²) in [6, 6.07) is 13.8. The Morgan fingerprint density at radius 1 is 1.18 bits per heavy atom. The van der Waals surface area contributed by atoms with Crippen molar-refractivity contribution in [2.45, 2.75) is 19.1 Å². The quantitative estimate of drug-likeness (QED) is 0.374. The van der Waals surface area contributed by atoms with Crippen LogP contribution in [0.4, 0.5) is 17.3 Å². The van der Waals surface area contributed by atoms with Crippen molar-refractivity contribution in [2.75, 3.05) is 50.1 Å². The van der Waals surface area contributed by atoms with E-state index in [9.17, 15) is 9.90 Å². The molecular formula is C27H28N8O3. The van der Waals surface area contributed by atoms with Crippen molar-refractivity contribution in [2.24, 2.45) is 0 Å². The first-order valence-corrected chi connectivity index (χ1v) is 12.4. The second-order valence-electron chi connectivity index (χ2n) is 9.79. The molecule has 0 amide bonds. The van der Waals surface area contributed by atoms with E-state index in [-0.39, 0.29) is 18.7 Å². The zero-order valence-corrected chi connectivity index (χ0v) is 21.3. The number of hydrogen-bond acceptors (Lipinski definition) is 9. The predicted octanol–water partition coefficient (Wildman–Crippen LogP) is 1.86.